The van der Waals surface area contributed by atoms with Crippen molar-refractivity contribution in [3.63, 3.8) is 0 Å². The van der Waals surface area contributed by atoms with E-state index in [0.717, 1.165) is 5.69 Å². The topological polar surface area (TPSA) is 102 Å². The molecular weight excluding hydrogens is 481 g/mol. The number of nitrogens with zero attached hydrogens (tertiary/aromatic N) is 3. The predicted octanol–water partition coefficient (Wildman–Crippen LogP) is 4.80. The van der Waals surface area contributed by atoms with Crippen LogP contribution in [-0.2, 0) is 10.0 Å². The summed E-state index contributed by atoms with van der Waals surface area (Å²) in [5, 5.41) is 0. The highest BCUT2D eigenvalue weighted by Crippen LogP contribution is 2.28. The minimum absolute atomic E-state index is 0.184. The van der Waals surface area contributed by atoms with Crippen LogP contribution in [0.2, 0.25) is 0 Å². The Morgan fingerprint density at radius 3 is 2.43 bits per heavy atom. The molecular formula is C24H19F3N4O3S. The summed E-state index contributed by atoms with van der Waals surface area (Å²) in [7, 11) is -4.02. The van der Waals surface area contributed by atoms with Crippen LogP contribution in [0.4, 0.5) is 18.9 Å². The average molecular weight is 501 g/mol. The number of rotatable bonds is 7. The van der Waals surface area contributed by atoms with Gasteiger partial charge in [0.2, 0.25) is 10.0 Å². The van der Waals surface area contributed by atoms with Gasteiger partial charge in [-0.25, -0.2) is 26.6 Å². The lowest BCUT2D eigenvalue weighted by atomic mass is 10.0. The van der Waals surface area contributed by atoms with E-state index < -0.39 is 44.5 Å². The van der Waals surface area contributed by atoms with Crippen LogP contribution in [0.5, 0.6) is 0 Å². The molecule has 0 aliphatic rings. The smallest absolute Gasteiger partial charge is 0.232 e. The lowest BCUT2D eigenvalue weighted by Crippen LogP contribution is -2.19. The Bertz CT molecular complexity index is 1560. The fourth-order valence-electron chi connectivity index (χ4n) is 3.42. The largest absolute Gasteiger partial charge is 0.288 e. The number of fused-ring (bicyclic) bond motifs is 1. The first-order chi connectivity index (χ1) is 16.6. The van der Waals surface area contributed by atoms with Gasteiger partial charge in [-0.3, -0.25) is 19.5 Å². The van der Waals surface area contributed by atoms with E-state index in [-0.39, 0.29) is 23.3 Å². The summed E-state index contributed by atoms with van der Waals surface area (Å²) < 4.78 is 69.7. The highest BCUT2D eigenvalue weighted by Gasteiger charge is 2.27. The van der Waals surface area contributed by atoms with Gasteiger partial charge >= 0.3 is 0 Å². The maximum absolute atomic E-state index is 15.1. The number of pyridine rings is 1. The summed E-state index contributed by atoms with van der Waals surface area (Å²) in [6.07, 6.45) is 3.35. The molecule has 0 aliphatic heterocycles. The fraction of sp³-hybridized carbons (Fsp3) is 0.167. The first-order valence-corrected chi connectivity index (χ1v) is 12.2. The Morgan fingerprint density at radius 1 is 0.971 bits per heavy atom. The third-order valence-corrected chi connectivity index (χ3v) is 6.61. The van der Waals surface area contributed by atoms with Crippen molar-refractivity contribution in [2.24, 2.45) is 0 Å². The zero-order valence-corrected chi connectivity index (χ0v) is 19.5. The van der Waals surface area contributed by atoms with Crippen LogP contribution in [0.15, 0.2) is 48.8 Å². The van der Waals surface area contributed by atoms with E-state index in [1.54, 1.807) is 25.3 Å². The number of carbonyl (C=O) groups is 1. The van der Waals surface area contributed by atoms with Gasteiger partial charge in [-0.2, -0.15) is 0 Å². The van der Waals surface area contributed by atoms with Crippen molar-refractivity contribution in [1.82, 2.24) is 15.0 Å². The summed E-state index contributed by atoms with van der Waals surface area (Å²) >= 11 is 0. The second-order valence-corrected chi connectivity index (χ2v) is 9.65. The van der Waals surface area contributed by atoms with Crippen LogP contribution in [0, 0.1) is 24.4 Å². The van der Waals surface area contributed by atoms with Gasteiger partial charge in [0.1, 0.15) is 0 Å². The molecule has 0 atom stereocenters. The minimum atomic E-state index is -4.02. The van der Waals surface area contributed by atoms with Crippen LogP contribution >= 0.6 is 0 Å². The van der Waals surface area contributed by atoms with Crippen LogP contribution in [0.25, 0.3) is 22.3 Å². The SMILES string of the molecule is CCCS(=O)(=O)Nc1cc(F)c(F)c(C(=O)c2ccc3ncc(-c4ccc(C)nc4)nc3c2)c1F. The molecule has 0 amide bonds. The molecule has 0 unspecified atom stereocenters. The number of nitrogens with one attached hydrogen (secondary N) is 1. The molecule has 180 valence electrons. The maximum atomic E-state index is 15.1. The third kappa shape index (κ3) is 4.99. The number of aromatic nitrogens is 3. The number of ketones is 1. The van der Waals surface area contributed by atoms with E-state index >= 15 is 4.39 Å². The molecule has 0 saturated heterocycles. The first-order valence-electron chi connectivity index (χ1n) is 10.5. The Labute approximate surface area is 199 Å². The standard InChI is InChI=1S/C24H19F3N4O3S/c1-3-8-35(33,34)31-19-10-16(25)22(26)21(23(19)27)24(32)14-6-7-17-18(9-14)30-20(12-29-17)15-5-4-13(2)28-11-15/h4-7,9-12,31H,3,8H2,1-2H3. The number of carbonyl (C=O) groups excluding carboxylic acids is 1. The van der Waals surface area contributed by atoms with Crippen molar-refractivity contribution in [3.05, 3.63) is 83.1 Å². The zero-order chi connectivity index (χ0) is 25.3. The highest BCUT2D eigenvalue weighted by atomic mass is 32.2. The van der Waals surface area contributed by atoms with Gasteiger partial charge < -0.3 is 0 Å². The molecule has 1 N–H and O–H groups in total. The summed E-state index contributed by atoms with van der Waals surface area (Å²) in [5.41, 5.74) is 0.371. The lowest BCUT2D eigenvalue weighted by molar-refractivity contribution is 0.103. The van der Waals surface area contributed by atoms with Gasteiger partial charge in [-0.05, 0) is 43.7 Å². The Hall–Kier alpha value is -3.86. The lowest BCUT2D eigenvalue weighted by Gasteiger charge is -2.12. The van der Waals surface area contributed by atoms with Gasteiger partial charge in [0.05, 0.1) is 39.9 Å². The molecule has 2 aromatic heterocycles. The Kier molecular flexibility index (Phi) is 6.53. The summed E-state index contributed by atoms with van der Waals surface area (Å²) in [6, 6.07) is 7.95. The van der Waals surface area contributed by atoms with E-state index in [1.165, 1.54) is 24.4 Å². The van der Waals surface area contributed by atoms with E-state index in [0.29, 0.717) is 22.8 Å². The molecule has 0 saturated carbocycles. The van der Waals surface area contributed by atoms with Crippen LogP contribution in [0.1, 0.15) is 35.0 Å². The second kappa shape index (κ2) is 9.41. The zero-order valence-electron chi connectivity index (χ0n) is 18.6. The average Bonchev–Trinajstić information content (AvgIpc) is 2.82. The van der Waals surface area contributed by atoms with Crippen molar-refractivity contribution in [2.75, 3.05) is 10.5 Å². The quantitative estimate of drug-likeness (QED) is 0.289. The molecule has 4 aromatic rings. The first kappa shape index (κ1) is 24.3. The van der Waals surface area contributed by atoms with Crippen molar-refractivity contribution in [3.8, 4) is 11.3 Å². The number of benzene rings is 2. The van der Waals surface area contributed by atoms with E-state index in [4.69, 9.17) is 0 Å². The Balaban J connectivity index is 1.77. The molecule has 7 nitrogen and oxygen atoms in total. The predicted molar refractivity (Wildman–Crippen MR) is 125 cm³/mol. The number of halogens is 3. The Morgan fingerprint density at radius 2 is 1.74 bits per heavy atom. The van der Waals surface area contributed by atoms with E-state index in [9.17, 15) is 22.0 Å². The van der Waals surface area contributed by atoms with Crippen LogP contribution < -0.4 is 4.72 Å². The molecule has 2 aromatic carbocycles. The maximum Gasteiger partial charge on any atom is 0.232 e. The molecule has 0 bridgehead atoms. The van der Waals surface area contributed by atoms with Gasteiger partial charge in [-0.15, -0.1) is 0 Å². The van der Waals surface area contributed by atoms with Gasteiger partial charge in [0.15, 0.2) is 23.2 Å². The molecule has 4 rings (SSSR count). The van der Waals surface area contributed by atoms with Gasteiger partial charge in [0, 0.05) is 29.1 Å². The molecule has 11 heteroatoms. The van der Waals surface area contributed by atoms with Gasteiger partial charge in [0.25, 0.3) is 0 Å². The second-order valence-electron chi connectivity index (χ2n) is 7.81. The van der Waals surface area contributed by atoms with Crippen LogP contribution in [-0.4, -0.2) is 34.9 Å². The monoisotopic (exact) mass is 500 g/mol. The number of aryl methyl sites for hydroxylation is 1. The van der Waals surface area contributed by atoms with Crippen molar-refractivity contribution in [1.29, 1.82) is 0 Å². The van der Waals surface area contributed by atoms with E-state index in [2.05, 4.69) is 15.0 Å². The fourth-order valence-corrected chi connectivity index (χ4v) is 4.54. The van der Waals surface area contributed by atoms with Crippen molar-refractivity contribution in [2.45, 2.75) is 20.3 Å². The number of hydrogen-bond acceptors (Lipinski definition) is 6. The highest BCUT2D eigenvalue weighted by molar-refractivity contribution is 7.92. The van der Waals surface area contributed by atoms with Crippen molar-refractivity contribution < 1.29 is 26.4 Å². The molecule has 0 fully saturated rings. The normalized spacial score (nSPS) is 11.6. The molecule has 2 heterocycles. The minimum Gasteiger partial charge on any atom is -0.288 e. The number of sulfonamides is 1. The van der Waals surface area contributed by atoms with E-state index in [1.807, 2.05) is 11.6 Å². The van der Waals surface area contributed by atoms with Crippen molar-refractivity contribution >= 4 is 32.5 Å². The summed E-state index contributed by atoms with van der Waals surface area (Å²) in [4.78, 5) is 26.0. The van der Waals surface area contributed by atoms with Crippen LogP contribution in [0.3, 0.4) is 0 Å². The summed E-state index contributed by atoms with van der Waals surface area (Å²) in [5.74, 6) is -6.35. The number of hydrogen-bond donors (Lipinski definition) is 1. The third-order valence-electron chi connectivity index (χ3n) is 5.13. The number of anilines is 1. The summed E-state index contributed by atoms with van der Waals surface area (Å²) in [6.45, 7) is 3.41. The molecule has 35 heavy (non-hydrogen) atoms. The van der Waals surface area contributed by atoms with Gasteiger partial charge in [-0.1, -0.05) is 6.92 Å². The molecule has 0 radical (unpaired) electrons. The molecule has 0 spiro atoms. The molecule has 0 aliphatic carbocycles.